The molecule has 0 saturated heterocycles. The molecule has 2 aromatic rings. The zero-order valence-corrected chi connectivity index (χ0v) is 13.5. The van der Waals surface area contributed by atoms with Gasteiger partial charge >= 0.3 is 0 Å². The molecule has 0 aliphatic heterocycles. The van der Waals surface area contributed by atoms with Crippen LogP contribution in [0.3, 0.4) is 0 Å². The number of rotatable bonds is 7. The van der Waals surface area contributed by atoms with Crippen molar-refractivity contribution in [2.75, 3.05) is 14.2 Å². The summed E-state index contributed by atoms with van der Waals surface area (Å²) in [6.07, 6.45) is 1.97. The maximum absolute atomic E-state index is 9.92. The molecule has 0 aliphatic carbocycles. The molecule has 0 aliphatic rings. The highest BCUT2D eigenvalue weighted by atomic mass is 16.5. The quantitative estimate of drug-likeness (QED) is 0.822. The van der Waals surface area contributed by atoms with Crippen LogP contribution in [0.25, 0.3) is 0 Å². The summed E-state index contributed by atoms with van der Waals surface area (Å²) in [5, 5.41) is 17.8. The van der Waals surface area contributed by atoms with Gasteiger partial charge in [0.2, 0.25) is 5.75 Å². The van der Waals surface area contributed by atoms with Gasteiger partial charge < -0.3 is 19.9 Å². The van der Waals surface area contributed by atoms with Crippen LogP contribution in [0, 0.1) is 0 Å². The summed E-state index contributed by atoms with van der Waals surface area (Å²) < 4.78 is 12.2. The van der Waals surface area contributed by atoms with Gasteiger partial charge in [0.15, 0.2) is 11.5 Å². The van der Waals surface area contributed by atoms with Crippen molar-refractivity contribution >= 4 is 0 Å². The van der Waals surface area contributed by atoms with E-state index in [1.54, 1.807) is 12.1 Å². The summed E-state index contributed by atoms with van der Waals surface area (Å²) >= 11 is 0. The molecule has 1 unspecified atom stereocenters. The lowest BCUT2D eigenvalue weighted by molar-refractivity contribution is 0.339. The van der Waals surface area contributed by atoms with Gasteiger partial charge in [-0.25, -0.2) is 0 Å². The van der Waals surface area contributed by atoms with Crippen LogP contribution < -0.4 is 14.8 Å². The van der Waals surface area contributed by atoms with Crippen LogP contribution in [0.4, 0.5) is 0 Å². The minimum absolute atomic E-state index is 0.0171. The molecule has 0 spiro atoms. The van der Waals surface area contributed by atoms with Crippen molar-refractivity contribution in [1.82, 2.24) is 15.1 Å². The number of phenols is 1. The Labute approximate surface area is 130 Å². The van der Waals surface area contributed by atoms with Gasteiger partial charge in [0, 0.05) is 25.3 Å². The Balaban J connectivity index is 2.07. The van der Waals surface area contributed by atoms with Gasteiger partial charge in [0.1, 0.15) is 0 Å². The normalized spacial score (nSPS) is 12.2. The first-order valence-corrected chi connectivity index (χ1v) is 7.29. The molecular formula is C16H23N3O3. The van der Waals surface area contributed by atoms with Crippen molar-refractivity contribution in [3.05, 3.63) is 35.7 Å². The molecule has 1 aromatic heterocycles. The Kier molecular flexibility index (Phi) is 5.27. The lowest BCUT2D eigenvalue weighted by Gasteiger charge is -2.14. The number of ether oxygens (including phenoxy) is 2. The molecule has 120 valence electrons. The third-order valence-corrected chi connectivity index (χ3v) is 3.58. The highest BCUT2D eigenvalue weighted by Crippen LogP contribution is 2.37. The van der Waals surface area contributed by atoms with Gasteiger partial charge in [0.05, 0.1) is 19.9 Å². The molecule has 2 rings (SSSR count). The molecule has 2 N–H and O–H groups in total. The Morgan fingerprint density at radius 1 is 1.27 bits per heavy atom. The fourth-order valence-corrected chi connectivity index (χ4v) is 2.21. The smallest absolute Gasteiger partial charge is 0.200 e. The number of hydrogen-bond donors (Lipinski definition) is 2. The van der Waals surface area contributed by atoms with E-state index in [-0.39, 0.29) is 11.8 Å². The molecule has 0 fully saturated rings. The lowest BCUT2D eigenvalue weighted by atomic mass is 10.1. The number of methoxy groups -OCH3 is 2. The summed E-state index contributed by atoms with van der Waals surface area (Å²) in [6, 6.07) is 5.72. The Bertz CT molecular complexity index is 600. The fourth-order valence-electron chi connectivity index (χ4n) is 2.21. The van der Waals surface area contributed by atoms with Crippen molar-refractivity contribution in [3.8, 4) is 17.2 Å². The number of nitrogens with one attached hydrogen (secondary N) is 1. The summed E-state index contributed by atoms with van der Waals surface area (Å²) in [6.45, 7) is 5.60. The third kappa shape index (κ3) is 3.51. The molecule has 22 heavy (non-hydrogen) atoms. The molecule has 1 atom stereocenters. The predicted octanol–water partition coefficient (Wildman–Crippen LogP) is 2.48. The Morgan fingerprint density at radius 3 is 2.41 bits per heavy atom. The van der Waals surface area contributed by atoms with Gasteiger partial charge in [0.25, 0.3) is 0 Å². The van der Waals surface area contributed by atoms with E-state index in [2.05, 4.69) is 24.3 Å². The molecule has 6 heteroatoms. The molecule has 1 heterocycles. The minimum atomic E-state index is 0.0171. The molecule has 0 radical (unpaired) electrons. The van der Waals surface area contributed by atoms with Crippen LogP contribution in [-0.4, -0.2) is 29.1 Å². The number of aryl methyl sites for hydroxylation is 1. The van der Waals surface area contributed by atoms with E-state index in [1.165, 1.54) is 14.2 Å². The lowest BCUT2D eigenvalue weighted by Crippen LogP contribution is -2.19. The first-order chi connectivity index (χ1) is 10.6. The van der Waals surface area contributed by atoms with Gasteiger partial charge in [-0.2, -0.15) is 5.10 Å². The van der Waals surface area contributed by atoms with Crippen LogP contribution in [0.15, 0.2) is 24.4 Å². The molecular weight excluding hydrogens is 282 g/mol. The standard InChI is InChI=1S/C16H23N3O3/c1-5-19-7-6-13(18-19)11(2)17-10-12-8-14(21-3)16(20)15(9-12)22-4/h6-9,11,17,20H,5,10H2,1-4H3. The van der Waals surface area contributed by atoms with Crippen molar-refractivity contribution < 1.29 is 14.6 Å². The van der Waals surface area contributed by atoms with Crippen LogP contribution in [0.5, 0.6) is 17.2 Å². The molecule has 1 aromatic carbocycles. The van der Waals surface area contributed by atoms with Crippen molar-refractivity contribution in [2.45, 2.75) is 33.0 Å². The number of phenolic OH excluding ortho intramolecular Hbond substituents is 1. The number of nitrogens with zero attached hydrogens (tertiary/aromatic N) is 2. The second kappa shape index (κ2) is 7.17. The molecule has 6 nitrogen and oxygen atoms in total. The maximum Gasteiger partial charge on any atom is 0.200 e. The van der Waals surface area contributed by atoms with E-state index in [0.717, 1.165) is 17.8 Å². The van der Waals surface area contributed by atoms with Crippen molar-refractivity contribution in [1.29, 1.82) is 0 Å². The second-order valence-electron chi connectivity index (χ2n) is 5.05. The van der Waals surface area contributed by atoms with Gasteiger partial charge in [-0.15, -0.1) is 0 Å². The van der Waals surface area contributed by atoms with E-state index in [4.69, 9.17) is 9.47 Å². The van der Waals surface area contributed by atoms with Gasteiger partial charge in [-0.05, 0) is 37.6 Å². The van der Waals surface area contributed by atoms with Crippen LogP contribution in [0.2, 0.25) is 0 Å². The SMILES string of the molecule is CCn1ccc(C(C)NCc2cc(OC)c(O)c(OC)c2)n1. The molecule has 0 bridgehead atoms. The summed E-state index contributed by atoms with van der Waals surface area (Å²) in [7, 11) is 3.04. The first-order valence-electron chi connectivity index (χ1n) is 7.29. The van der Waals surface area contributed by atoms with Crippen molar-refractivity contribution in [3.63, 3.8) is 0 Å². The second-order valence-corrected chi connectivity index (χ2v) is 5.05. The summed E-state index contributed by atoms with van der Waals surface area (Å²) in [5.41, 5.74) is 1.97. The first kappa shape index (κ1) is 16.2. The van der Waals surface area contributed by atoms with E-state index >= 15 is 0 Å². The number of aromatic hydroxyl groups is 1. The zero-order chi connectivity index (χ0) is 16.1. The summed E-state index contributed by atoms with van der Waals surface area (Å²) in [4.78, 5) is 0. The average Bonchev–Trinajstić information content (AvgIpc) is 3.02. The highest BCUT2D eigenvalue weighted by Gasteiger charge is 2.13. The average molecular weight is 305 g/mol. The van der Waals surface area contributed by atoms with Gasteiger partial charge in [-0.3, -0.25) is 4.68 Å². The summed E-state index contributed by atoms with van der Waals surface area (Å²) in [5.74, 6) is 0.821. The van der Waals surface area contributed by atoms with Crippen LogP contribution >= 0.6 is 0 Å². The largest absolute Gasteiger partial charge is 0.502 e. The van der Waals surface area contributed by atoms with Gasteiger partial charge in [-0.1, -0.05) is 0 Å². The maximum atomic E-state index is 9.92. The van der Waals surface area contributed by atoms with Crippen LogP contribution in [-0.2, 0) is 13.1 Å². The Morgan fingerprint density at radius 2 is 1.91 bits per heavy atom. The molecule has 0 amide bonds. The topological polar surface area (TPSA) is 68.5 Å². The van der Waals surface area contributed by atoms with Crippen molar-refractivity contribution in [2.24, 2.45) is 0 Å². The van der Waals surface area contributed by atoms with Crippen LogP contribution in [0.1, 0.15) is 31.1 Å². The highest BCUT2D eigenvalue weighted by molar-refractivity contribution is 5.52. The predicted molar refractivity (Wildman–Crippen MR) is 84.4 cm³/mol. The van der Waals surface area contributed by atoms with E-state index in [0.29, 0.717) is 18.0 Å². The monoisotopic (exact) mass is 305 g/mol. The zero-order valence-electron chi connectivity index (χ0n) is 13.5. The third-order valence-electron chi connectivity index (χ3n) is 3.58. The minimum Gasteiger partial charge on any atom is -0.502 e. The van der Waals surface area contributed by atoms with E-state index in [1.807, 2.05) is 16.9 Å². The number of benzene rings is 1. The number of aromatic nitrogens is 2. The molecule has 0 saturated carbocycles. The number of hydrogen-bond acceptors (Lipinski definition) is 5. The fraction of sp³-hybridized carbons (Fsp3) is 0.438. The van der Waals surface area contributed by atoms with E-state index in [9.17, 15) is 5.11 Å². The Hall–Kier alpha value is -2.21. The van der Waals surface area contributed by atoms with E-state index < -0.39 is 0 Å².